The average molecular weight is 721 g/mol. The van der Waals surface area contributed by atoms with Crippen LogP contribution in [0, 0.1) is 0 Å². The van der Waals surface area contributed by atoms with Crippen LogP contribution in [0.25, 0.3) is 11.1 Å². The van der Waals surface area contributed by atoms with Crippen molar-refractivity contribution in [1.29, 1.82) is 0 Å². The van der Waals surface area contributed by atoms with Crippen molar-refractivity contribution in [2.45, 2.75) is 25.1 Å². The summed E-state index contributed by atoms with van der Waals surface area (Å²) in [5.41, 5.74) is 3.23. The van der Waals surface area contributed by atoms with Gasteiger partial charge >= 0.3 is 0 Å². The third-order valence-corrected chi connectivity index (χ3v) is 9.94. The van der Waals surface area contributed by atoms with Gasteiger partial charge in [-0.15, -0.1) is 0 Å². The number of piperidine rings is 1. The molecule has 4 aliphatic heterocycles. The van der Waals surface area contributed by atoms with E-state index in [1.54, 1.807) is 54.6 Å². The number of ether oxygens (including phenoxy) is 3. The zero-order valence-corrected chi connectivity index (χ0v) is 29.7. The maximum atomic E-state index is 14.3. The number of hydrogen-bond donors (Lipinski definition) is 3. The van der Waals surface area contributed by atoms with Crippen molar-refractivity contribution in [3.05, 3.63) is 102 Å². The summed E-state index contributed by atoms with van der Waals surface area (Å²) < 4.78 is 18.0. The van der Waals surface area contributed by atoms with Crippen LogP contribution < -0.4 is 29.7 Å². The molecule has 53 heavy (non-hydrogen) atoms. The highest BCUT2D eigenvalue weighted by atomic mass is 16.5. The minimum atomic E-state index is -0.547. The van der Waals surface area contributed by atoms with Crippen LogP contribution in [0.4, 0.5) is 5.82 Å². The number of benzene rings is 3. The van der Waals surface area contributed by atoms with E-state index in [0.717, 1.165) is 24.2 Å². The predicted octanol–water partition coefficient (Wildman–Crippen LogP) is 2.97. The smallest absolute Gasteiger partial charge is 0.258 e. The molecule has 3 aromatic carbocycles. The molecule has 8 rings (SSSR count). The van der Waals surface area contributed by atoms with Gasteiger partial charge in [-0.1, -0.05) is 24.3 Å². The van der Waals surface area contributed by atoms with Gasteiger partial charge in [0, 0.05) is 76.1 Å². The lowest BCUT2D eigenvalue weighted by Gasteiger charge is -2.40. The minimum Gasteiger partial charge on any atom is -0.496 e. The number of hydrogen-bond acceptors (Lipinski definition) is 10. The van der Waals surface area contributed by atoms with E-state index < -0.39 is 12.1 Å². The predicted molar refractivity (Wildman–Crippen MR) is 198 cm³/mol. The van der Waals surface area contributed by atoms with Crippen molar-refractivity contribution in [3.8, 4) is 28.4 Å². The summed E-state index contributed by atoms with van der Waals surface area (Å²) in [5, 5.41) is 15.5. The van der Waals surface area contributed by atoms with Gasteiger partial charge in [0.1, 0.15) is 29.2 Å². The number of aliphatic hydroxyl groups excluding tert-OH is 1. The number of aromatic nitrogens is 1. The van der Waals surface area contributed by atoms with Gasteiger partial charge in [-0.05, 0) is 65.7 Å². The lowest BCUT2D eigenvalue weighted by molar-refractivity contribution is -0.123. The van der Waals surface area contributed by atoms with E-state index in [2.05, 4.69) is 25.4 Å². The molecule has 6 bridgehead atoms. The second-order valence-electron chi connectivity index (χ2n) is 13.4. The zero-order chi connectivity index (χ0) is 36.7. The van der Waals surface area contributed by atoms with Gasteiger partial charge in [0.15, 0.2) is 6.61 Å². The van der Waals surface area contributed by atoms with E-state index in [0.29, 0.717) is 78.9 Å². The third kappa shape index (κ3) is 8.37. The minimum absolute atomic E-state index is 0.110. The van der Waals surface area contributed by atoms with Crippen molar-refractivity contribution in [2.75, 3.05) is 71.0 Å². The fraction of sp³-hybridized carbons (Fsp3) is 0.350. The topological polar surface area (TPSA) is 146 Å². The average Bonchev–Trinajstić information content (AvgIpc) is 3.20. The Bertz CT molecular complexity index is 1930. The molecule has 4 aromatic rings. The number of carbonyl (C=O) groups excluding carboxylic acids is 3. The Morgan fingerprint density at radius 2 is 1.77 bits per heavy atom. The SMILES string of the molecule is COc1ccc2cc1-c1cccc(c1)OCC(=O)NCc1ccc(cc1)O[C@@H]1CCN(C(=O)c3cccnc3N3CCN(CCO)CC3)C[C@H]1NC2=O. The number of aliphatic hydroxyl groups is 1. The van der Waals surface area contributed by atoms with Gasteiger partial charge in [0.05, 0.1) is 25.3 Å². The summed E-state index contributed by atoms with van der Waals surface area (Å²) in [5.74, 6) is 1.58. The fourth-order valence-corrected chi connectivity index (χ4v) is 7.05. The Balaban J connectivity index is 1.17. The fourth-order valence-electron chi connectivity index (χ4n) is 7.05. The van der Waals surface area contributed by atoms with Crippen molar-refractivity contribution in [1.82, 2.24) is 25.4 Å². The monoisotopic (exact) mass is 720 g/mol. The van der Waals surface area contributed by atoms with Gasteiger partial charge in [-0.25, -0.2) is 4.98 Å². The Kier molecular flexibility index (Phi) is 11.0. The van der Waals surface area contributed by atoms with Gasteiger partial charge < -0.3 is 39.8 Å². The molecule has 0 spiro atoms. The Morgan fingerprint density at radius 1 is 0.943 bits per heavy atom. The van der Waals surface area contributed by atoms with E-state index in [-0.39, 0.29) is 37.5 Å². The zero-order valence-electron chi connectivity index (χ0n) is 29.7. The van der Waals surface area contributed by atoms with Crippen LogP contribution in [0.2, 0.25) is 0 Å². The molecular formula is C40H44N6O7. The second-order valence-corrected chi connectivity index (χ2v) is 13.4. The number of piperazine rings is 1. The van der Waals surface area contributed by atoms with Gasteiger partial charge in [0.25, 0.3) is 17.7 Å². The molecule has 1 aromatic heterocycles. The number of rotatable bonds is 5. The molecule has 0 unspecified atom stereocenters. The van der Waals surface area contributed by atoms with Crippen molar-refractivity contribution >= 4 is 23.5 Å². The maximum Gasteiger partial charge on any atom is 0.258 e. The number of methoxy groups -OCH3 is 1. The molecule has 5 heterocycles. The van der Waals surface area contributed by atoms with Crippen molar-refractivity contribution in [3.63, 3.8) is 0 Å². The Hall–Kier alpha value is -5.66. The summed E-state index contributed by atoms with van der Waals surface area (Å²) in [4.78, 5) is 51.6. The highest BCUT2D eigenvalue weighted by molar-refractivity contribution is 5.99. The van der Waals surface area contributed by atoms with Gasteiger partial charge in [0.2, 0.25) is 0 Å². The van der Waals surface area contributed by atoms with E-state index in [1.807, 2.05) is 42.5 Å². The van der Waals surface area contributed by atoms with Crippen LogP contribution in [0.15, 0.2) is 85.1 Å². The van der Waals surface area contributed by atoms with Crippen LogP contribution in [0.3, 0.4) is 0 Å². The first-order valence-corrected chi connectivity index (χ1v) is 18.0. The molecule has 276 valence electrons. The molecule has 0 radical (unpaired) electrons. The Morgan fingerprint density at radius 3 is 2.57 bits per heavy atom. The van der Waals surface area contributed by atoms with Gasteiger partial charge in [-0.3, -0.25) is 19.3 Å². The van der Waals surface area contributed by atoms with Crippen molar-refractivity contribution in [2.24, 2.45) is 0 Å². The normalized spacial score (nSPS) is 19.6. The molecular weight excluding hydrogens is 676 g/mol. The van der Waals surface area contributed by atoms with Crippen LogP contribution >= 0.6 is 0 Å². The van der Waals surface area contributed by atoms with E-state index in [4.69, 9.17) is 14.2 Å². The number of amides is 3. The number of pyridine rings is 1. The van der Waals surface area contributed by atoms with E-state index in [1.165, 1.54) is 0 Å². The highest BCUT2D eigenvalue weighted by Gasteiger charge is 2.36. The van der Waals surface area contributed by atoms with Crippen LogP contribution in [-0.4, -0.2) is 116 Å². The summed E-state index contributed by atoms with van der Waals surface area (Å²) in [6, 6.07) is 23.0. The first kappa shape index (κ1) is 35.7. The molecule has 2 saturated heterocycles. The molecule has 3 N–H and O–H groups in total. The largest absolute Gasteiger partial charge is 0.496 e. The summed E-state index contributed by atoms with van der Waals surface area (Å²) in [6.07, 6.45) is 1.75. The standard InChI is InChI=1S/C40H44N6O7/c1-51-35-12-9-29-23-33(35)28-4-2-5-31(22-28)52-26-37(48)42-24-27-7-10-30(11-8-27)53-36-13-15-46(25-34(36)43-39(29)49)40(50)32-6-3-14-41-38(32)45-18-16-44(17-19-45)20-21-47/h2-12,14,22-23,34,36,47H,13,15-21,24-26H2,1H3,(H,42,48)(H,43,49)/t34-,36-/m1/s1. The maximum absolute atomic E-state index is 14.3. The number of β-amino-alcohol motifs (C(OH)–C–C–N with tert-alkyl or cyclic N) is 1. The van der Waals surface area contributed by atoms with Crippen LogP contribution in [0.5, 0.6) is 17.2 Å². The van der Waals surface area contributed by atoms with Crippen LogP contribution in [-0.2, 0) is 11.3 Å². The highest BCUT2D eigenvalue weighted by Crippen LogP contribution is 2.33. The lowest BCUT2D eigenvalue weighted by Crippen LogP contribution is -2.58. The summed E-state index contributed by atoms with van der Waals surface area (Å²) in [7, 11) is 1.57. The number of carbonyl (C=O) groups is 3. The summed E-state index contributed by atoms with van der Waals surface area (Å²) >= 11 is 0. The number of anilines is 1. The Labute approximate surface area is 308 Å². The molecule has 0 saturated carbocycles. The first-order chi connectivity index (χ1) is 25.9. The van der Waals surface area contributed by atoms with Crippen LogP contribution in [0.1, 0.15) is 32.7 Å². The molecule has 2 fully saturated rings. The molecule has 13 nitrogen and oxygen atoms in total. The third-order valence-electron chi connectivity index (χ3n) is 9.94. The lowest BCUT2D eigenvalue weighted by atomic mass is 9.98. The second kappa shape index (κ2) is 16.3. The van der Waals surface area contributed by atoms with Gasteiger partial charge in [-0.2, -0.15) is 0 Å². The molecule has 2 atom stereocenters. The molecule has 0 aliphatic carbocycles. The van der Waals surface area contributed by atoms with E-state index in [9.17, 15) is 19.5 Å². The molecule has 3 amide bonds. The number of nitrogens with zero attached hydrogens (tertiary/aromatic N) is 4. The summed E-state index contributed by atoms with van der Waals surface area (Å²) in [6.45, 7) is 4.46. The van der Waals surface area contributed by atoms with E-state index >= 15 is 0 Å². The van der Waals surface area contributed by atoms with Crippen molar-refractivity contribution < 1.29 is 33.7 Å². The quantitative estimate of drug-likeness (QED) is 0.282. The number of likely N-dealkylation sites (tertiary alicyclic amines) is 1. The molecule has 13 heteroatoms. The number of nitrogens with one attached hydrogen (secondary N) is 2. The molecule has 4 aliphatic rings. The first-order valence-electron chi connectivity index (χ1n) is 18.0. The number of fused-ring (bicyclic) bond motifs is 7.